The predicted octanol–water partition coefficient (Wildman–Crippen LogP) is 3.15. The van der Waals surface area contributed by atoms with Crippen LogP contribution in [0, 0.1) is 0 Å². The number of nitrogens with one attached hydrogen (secondary N) is 1. The fourth-order valence-electron chi connectivity index (χ4n) is 1.84. The van der Waals surface area contributed by atoms with Crippen molar-refractivity contribution < 1.29 is 23.8 Å². The number of methoxy groups -OCH3 is 2. The van der Waals surface area contributed by atoms with Crippen LogP contribution in [0.3, 0.4) is 0 Å². The van der Waals surface area contributed by atoms with E-state index in [9.17, 15) is 9.59 Å². The Balaban J connectivity index is 2.94. The van der Waals surface area contributed by atoms with E-state index in [0.717, 1.165) is 5.56 Å². The molecular formula is C16H23NO5. The summed E-state index contributed by atoms with van der Waals surface area (Å²) in [5.41, 5.74) is 0.678. The first-order valence-corrected chi connectivity index (χ1v) is 6.99. The third kappa shape index (κ3) is 5.63. The highest BCUT2D eigenvalue weighted by Gasteiger charge is 2.19. The fraction of sp³-hybridized carbons (Fsp3) is 0.500. The lowest BCUT2D eigenvalue weighted by molar-refractivity contribution is -0.140. The van der Waals surface area contributed by atoms with Crippen molar-refractivity contribution in [1.29, 1.82) is 0 Å². The second kappa shape index (κ2) is 7.68. The lowest BCUT2D eigenvalue weighted by Gasteiger charge is -2.21. The molecule has 0 heterocycles. The van der Waals surface area contributed by atoms with E-state index in [4.69, 9.17) is 9.47 Å². The van der Waals surface area contributed by atoms with Gasteiger partial charge in [0.1, 0.15) is 11.4 Å². The highest BCUT2D eigenvalue weighted by Crippen LogP contribution is 2.30. The van der Waals surface area contributed by atoms with Crippen molar-refractivity contribution in [3.8, 4) is 5.75 Å². The van der Waals surface area contributed by atoms with Crippen molar-refractivity contribution >= 4 is 17.7 Å². The molecule has 0 radical (unpaired) electrons. The number of hydrogen-bond donors (Lipinski definition) is 1. The average molecular weight is 309 g/mol. The third-order valence-electron chi connectivity index (χ3n) is 2.78. The van der Waals surface area contributed by atoms with E-state index in [1.807, 2.05) is 6.07 Å². The van der Waals surface area contributed by atoms with Crippen LogP contribution in [0.5, 0.6) is 5.75 Å². The molecule has 0 saturated carbocycles. The number of rotatable bonds is 5. The van der Waals surface area contributed by atoms with Gasteiger partial charge in [0.05, 0.1) is 19.9 Å². The van der Waals surface area contributed by atoms with Gasteiger partial charge in [-0.2, -0.15) is 0 Å². The van der Waals surface area contributed by atoms with Gasteiger partial charge >= 0.3 is 12.1 Å². The van der Waals surface area contributed by atoms with Gasteiger partial charge in [-0.1, -0.05) is 12.1 Å². The van der Waals surface area contributed by atoms with Crippen LogP contribution in [0.15, 0.2) is 18.2 Å². The van der Waals surface area contributed by atoms with Crippen molar-refractivity contribution in [2.45, 2.75) is 39.2 Å². The average Bonchev–Trinajstić information content (AvgIpc) is 2.43. The summed E-state index contributed by atoms with van der Waals surface area (Å²) in [4.78, 5) is 23.3. The lowest BCUT2D eigenvalue weighted by Crippen LogP contribution is -2.27. The van der Waals surface area contributed by atoms with Crippen LogP contribution in [0.1, 0.15) is 32.8 Å². The summed E-state index contributed by atoms with van der Waals surface area (Å²) in [5, 5.41) is 2.69. The molecule has 22 heavy (non-hydrogen) atoms. The summed E-state index contributed by atoms with van der Waals surface area (Å²) in [5.74, 6) is 0.194. The number of amides is 1. The first-order chi connectivity index (χ1) is 10.3. The largest absolute Gasteiger partial charge is 0.495 e. The van der Waals surface area contributed by atoms with Crippen LogP contribution in [0.2, 0.25) is 0 Å². The number of carbonyl (C=O) groups excluding carboxylic acids is 2. The fourth-order valence-corrected chi connectivity index (χ4v) is 1.84. The predicted molar refractivity (Wildman–Crippen MR) is 83.2 cm³/mol. The Kier molecular flexibility index (Phi) is 6.22. The van der Waals surface area contributed by atoms with Gasteiger partial charge in [0.2, 0.25) is 0 Å². The molecule has 6 heteroatoms. The van der Waals surface area contributed by atoms with Crippen LogP contribution in [0.4, 0.5) is 10.5 Å². The zero-order valence-corrected chi connectivity index (χ0v) is 13.7. The van der Waals surface area contributed by atoms with E-state index in [1.54, 1.807) is 32.9 Å². The first kappa shape index (κ1) is 17.8. The number of esters is 1. The van der Waals surface area contributed by atoms with Crippen LogP contribution < -0.4 is 10.1 Å². The maximum atomic E-state index is 12.0. The highest BCUT2D eigenvalue weighted by molar-refractivity contribution is 5.88. The maximum absolute atomic E-state index is 12.0. The minimum absolute atomic E-state index is 0.215. The van der Waals surface area contributed by atoms with Gasteiger partial charge in [0.25, 0.3) is 0 Å². The first-order valence-electron chi connectivity index (χ1n) is 6.99. The summed E-state index contributed by atoms with van der Waals surface area (Å²) < 4.78 is 15.1. The Bertz CT molecular complexity index is 534. The van der Waals surface area contributed by atoms with Crippen LogP contribution in [0.25, 0.3) is 0 Å². The summed E-state index contributed by atoms with van der Waals surface area (Å²) in [6.07, 6.45) is 0.0677. The minimum atomic E-state index is -0.599. The van der Waals surface area contributed by atoms with Gasteiger partial charge in [-0.25, -0.2) is 4.79 Å². The molecular weight excluding hydrogens is 286 g/mol. The van der Waals surface area contributed by atoms with Crippen LogP contribution in [-0.2, 0) is 20.7 Å². The van der Waals surface area contributed by atoms with E-state index < -0.39 is 11.7 Å². The van der Waals surface area contributed by atoms with Crippen LogP contribution in [-0.4, -0.2) is 31.9 Å². The van der Waals surface area contributed by atoms with Gasteiger partial charge in [0.15, 0.2) is 0 Å². The van der Waals surface area contributed by atoms with Gasteiger partial charge < -0.3 is 14.2 Å². The number of anilines is 1. The molecule has 0 atom stereocenters. The number of hydrogen-bond acceptors (Lipinski definition) is 5. The molecule has 0 spiro atoms. The molecule has 1 aromatic rings. The number of carbonyl (C=O) groups is 2. The second-order valence-corrected chi connectivity index (χ2v) is 5.70. The van der Waals surface area contributed by atoms with Crippen molar-refractivity contribution in [3.63, 3.8) is 0 Å². The third-order valence-corrected chi connectivity index (χ3v) is 2.78. The molecule has 1 aromatic carbocycles. The zero-order valence-electron chi connectivity index (χ0n) is 13.7. The smallest absolute Gasteiger partial charge is 0.412 e. The molecule has 1 amide bonds. The molecule has 0 unspecified atom stereocenters. The summed E-state index contributed by atoms with van der Waals surface area (Å²) in [6, 6.07) is 5.35. The number of benzene rings is 1. The summed E-state index contributed by atoms with van der Waals surface area (Å²) >= 11 is 0. The maximum Gasteiger partial charge on any atom is 0.412 e. The van der Waals surface area contributed by atoms with E-state index in [1.165, 1.54) is 14.2 Å². The molecule has 0 fully saturated rings. The molecule has 6 nitrogen and oxygen atoms in total. The lowest BCUT2D eigenvalue weighted by atomic mass is 10.1. The Labute approximate surface area is 130 Å². The van der Waals surface area contributed by atoms with E-state index in [-0.39, 0.29) is 12.4 Å². The molecule has 0 saturated heterocycles. The highest BCUT2D eigenvalue weighted by atomic mass is 16.6. The van der Waals surface area contributed by atoms with Crippen molar-refractivity contribution in [2.75, 3.05) is 19.5 Å². The van der Waals surface area contributed by atoms with Crippen LogP contribution >= 0.6 is 0 Å². The molecule has 0 bridgehead atoms. The normalized spacial score (nSPS) is 10.8. The SMILES string of the molecule is COC(=O)CCc1cccc(OC)c1NC(=O)OC(C)(C)C. The Morgan fingerprint density at radius 1 is 1.18 bits per heavy atom. The van der Waals surface area contributed by atoms with Crippen molar-refractivity contribution in [1.82, 2.24) is 0 Å². The molecule has 0 aliphatic heterocycles. The Morgan fingerprint density at radius 3 is 2.41 bits per heavy atom. The standard InChI is InChI=1S/C16H23NO5/c1-16(2,3)22-15(19)17-14-11(9-10-13(18)21-5)7-6-8-12(14)20-4/h6-8H,9-10H2,1-5H3,(H,17,19). The van der Waals surface area contributed by atoms with E-state index in [2.05, 4.69) is 10.1 Å². The monoisotopic (exact) mass is 309 g/mol. The molecule has 0 aromatic heterocycles. The Morgan fingerprint density at radius 2 is 1.86 bits per heavy atom. The molecule has 0 aliphatic rings. The van der Waals surface area contributed by atoms with Gasteiger partial charge in [0, 0.05) is 6.42 Å². The quantitative estimate of drug-likeness (QED) is 0.846. The molecule has 122 valence electrons. The molecule has 0 aliphatic carbocycles. The topological polar surface area (TPSA) is 73.9 Å². The summed E-state index contributed by atoms with van der Waals surface area (Å²) in [6.45, 7) is 5.35. The number of para-hydroxylation sites is 1. The second-order valence-electron chi connectivity index (χ2n) is 5.70. The molecule has 1 N–H and O–H groups in total. The summed E-state index contributed by atoms with van der Waals surface area (Å²) in [7, 11) is 2.85. The van der Waals surface area contributed by atoms with Crippen molar-refractivity contribution in [3.05, 3.63) is 23.8 Å². The van der Waals surface area contributed by atoms with Gasteiger partial charge in [-0.3, -0.25) is 10.1 Å². The minimum Gasteiger partial charge on any atom is -0.495 e. The molecule has 1 rings (SSSR count). The van der Waals surface area contributed by atoms with Crippen molar-refractivity contribution in [2.24, 2.45) is 0 Å². The number of aryl methyl sites for hydroxylation is 1. The van der Waals surface area contributed by atoms with E-state index >= 15 is 0 Å². The number of ether oxygens (including phenoxy) is 3. The zero-order chi connectivity index (χ0) is 16.8. The Hall–Kier alpha value is -2.24. The van der Waals surface area contributed by atoms with Gasteiger partial charge in [-0.15, -0.1) is 0 Å². The van der Waals surface area contributed by atoms with Gasteiger partial charge in [-0.05, 0) is 38.8 Å². The van der Waals surface area contributed by atoms with E-state index in [0.29, 0.717) is 17.9 Å².